The molecule has 42 heavy (non-hydrogen) atoms. The number of hydrogen-bond donors (Lipinski definition) is 4. The maximum absolute atomic E-state index is 10.5. The molecule has 4 heteroatoms. The van der Waals surface area contributed by atoms with Gasteiger partial charge in [-0.3, -0.25) is 0 Å². The number of phenols is 4. The molecule has 0 unspecified atom stereocenters. The van der Waals surface area contributed by atoms with Crippen molar-refractivity contribution in [3.05, 3.63) is 106 Å². The van der Waals surface area contributed by atoms with Crippen molar-refractivity contribution in [1.29, 1.82) is 0 Å². The fourth-order valence-corrected chi connectivity index (χ4v) is 6.08. The molecule has 5 aromatic carbocycles. The lowest BCUT2D eigenvalue weighted by atomic mass is 9.75. The Morgan fingerprint density at radius 3 is 0.905 bits per heavy atom. The van der Waals surface area contributed by atoms with Gasteiger partial charge >= 0.3 is 0 Å². The number of benzene rings is 5. The summed E-state index contributed by atoms with van der Waals surface area (Å²) in [5.74, 6) is 0.987. The number of phenolic OH excluding ortho intramolecular Hbond substituents is 4. The van der Waals surface area contributed by atoms with E-state index < -0.39 is 0 Å². The van der Waals surface area contributed by atoms with Crippen LogP contribution in [0.1, 0.15) is 47.2 Å². The van der Waals surface area contributed by atoms with Crippen molar-refractivity contribution in [2.45, 2.75) is 54.4 Å². The molecule has 0 aromatic heterocycles. The van der Waals surface area contributed by atoms with Crippen LogP contribution in [-0.2, 0) is 12.8 Å². The fourth-order valence-electron chi connectivity index (χ4n) is 6.08. The van der Waals surface area contributed by atoms with Gasteiger partial charge in [-0.2, -0.15) is 0 Å². The Balaban J connectivity index is 2.08. The third kappa shape index (κ3) is 4.98. The van der Waals surface area contributed by atoms with Crippen LogP contribution in [0.25, 0.3) is 44.5 Å². The first-order valence-electron chi connectivity index (χ1n) is 14.5. The standard InChI is InChI=1S/C38H38O4/c1-7-29-35(25-9-13-31(39)21(3)17-25)30(8-2)37(27-11-15-33(41)23(5)19-27)38(28-12-16-34(42)24(6)20-28)36(29)26-10-14-32(40)22(4)18-26/h9-20,39-42H,7-8H2,1-6H3. The number of hydrogen-bond acceptors (Lipinski definition) is 4. The van der Waals surface area contributed by atoms with Crippen molar-refractivity contribution >= 4 is 0 Å². The summed E-state index contributed by atoms with van der Waals surface area (Å²) in [5, 5.41) is 41.8. The highest BCUT2D eigenvalue weighted by atomic mass is 16.3. The van der Waals surface area contributed by atoms with E-state index in [9.17, 15) is 20.4 Å². The summed E-state index contributed by atoms with van der Waals surface area (Å²) in [6.45, 7) is 12.0. The highest BCUT2D eigenvalue weighted by molar-refractivity contribution is 6.02. The van der Waals surface area contributed by atoms with Gasteiger partial charge in [-0.25, -0.2) is 0 Å². The minimum Gasteiger partial charge on any atom is -0.508 e. The summed E-state index contributed by atoms with van der Waals surface area (Å²) in [6, 6.07) is 23.0. The van der Waals surface area contributed by atoms with Crippen LogP contribution in [0.4, 0.5) is 0 Å². The van der Waals surface area contributed by atoms with Crippen molar-refractivity contribution in [3.8, 4) is 67.5 Å². The summed E-state index contributed by atoms with van der Waals surface area (Å²) >= 11 is 0. The van der Waals surface area contributed by atoms with Crippen LogP contribution in [0.2, 0.25) is 0 Å². The summed E-state index contributed by atoms with van der Waals surface area (Å²) in [4.78, 5) is 0. The second kappa shape index (κ2) is 11.3. The quantitative estimate of drug-likeness (QED) is 0.167. The van der Waals surface area contributed by atoms with E-state index in [0.717, 1.165) is 79.6 Å². The van der Waals surface area contributed by atoms with Crippen LogP contribution in [0.15, 0.2) is 72.8 Å². The Morgan fingerprint density at radius 1 is 0.381 bits per heavy atom. The van der Waals surface area contributed by atoms with Gasteiger partial charge in [0.15, 0.2) is 0 Å². The summed E-state index contributed by atoms with van der Waals surface area (Å²) in [5.41, 5.74) is 13.8. The minimum absolute atomic E-state index is 0.241. The third-order valence-electron chi connectivity index (χ3n) is 8.36. The summed E-state index contributed by atoms with van der Waals surface area (Å²) in [7, 11) is 0. The van der Waals surface area contributed by atoms with Crippen LogP contribution in [0.5, 0.6) is 23.0 Å². The van der Waals surface area contributed by atoms with E-state index in [4.69, 9.17) is 0 Å². The molecular weight excluding hydrogens is 520 g/mol. The van der Waals surface area contributed by atoms with Crippen LogP contribution in [-0.4, -0.2) is 20.4 Å². The number of aryl methyl sites for hydroxylation is 4. The average Bonchev–Trinajstić information content (AvgIpc) is 2.97. The number of rotatable bonds is 6. The Morgan fingerprint density at radius 2 is 0.643 bits per heavy atom. The van der Waals surface area contributed by atoms with E-state index in [2.05, 4.69) is 13.8 Å². The first kappa shape index (κ1) is 28.8. The molecule has 0 saturated carbocycles. The molecule has 0 aliphatic heterocycles. The van der Waals surface area contributed by atoms with Crippen LogP contribution >= 0.6 is 0 Å². The van der Waals surface area contributed by atoms with Crippen molar-refractivity contribution < 1.29 is 20.4 Å². The van der Waals surface area contributed by atoms with E-state index in [1.165, 1.54) is 11.1 Å². The van der Waals surface area contributed by atoms with E-state index in [0.29, 0.717) is 0 Å². The summed E-state index contributed by atoms with van der Waals surface area (Å²) < 4.78 is 0. The molecule has 0 aliphatic carbocycles. The van der Waals surface area contributed by atoms with E-state index in [1.807, 2.05) is 76.2 Å². The first-order valence-corrected chi connectivity index (χ1v) is 14.5. The zero-order valence-corrected chi connectivity index (χ0v) is 25.1. The first-order chi connectivity index (χ1) is 20.0. The Hall–Kier alpha value is -4.70. The van der Waals surface area contributed by atoms with Crippen LogP contribution in [0, 0.1) is 27.7 Å². The van der Waals surface area contributed by atoms with Gasteiger partial charge in [-0.15, -0.1) is 0 Å². The molecule has 0 amide bonds. The predicted octanol–water partition coefficient (Wildman–Crippen LogP) is 9.54. The lowest BCUT2D eigenvalue weighted by molar-refractivity contribution is 0.470. The van der Waals surface area contributed by atoms with Gasteiger partial charge in [-0.05, 0) is 167 Å². The molecule has 0 atom stereocenters. The normalized spacial score (nSPS) is 11.2. The predicted molar refractivity (Wildman–Crippen MR) is 173 cm³/mol. The molecule has 0 heterocycles. The lowest BCUT2D eigenvalue weighted by Gasteiger charge is -2.28. The highest BCUT2D eigenvalue weighted by Gasteiger charge is 2.27. The molecule has 0 spiro atoms. The topological polar surface area (TPSA) is 80.9 Å². The maximum atomic E-state index is 10.5. The monoisotopic (exact) mass is 558 g/mol. The van der Waals surface area contributed by atoms with E-state index >= 15 is 0 Å². The maximum Gasteiger partial charge on any atom is 0.118 e. The minimum atomic E-state index is 0.241. The zero-order chi connectivity index (χ0) is 30.3. The molecule has 4 nitrogen and oxygen atoms in total. The van der Waals surface area contributed by atoms with Crippen molar-refractivity contribution in [2.75, 3.05) is 0 Å². The van der Waals surface area contributed by atoms with Gasteiger partial charge in [0.25, 0.3) is 0 Å². The molecule has 5 aromatic rings. The Bertz CT molecular complexity index is 1750. The molecule has 0 aliphatic rings. The smallest absolute Gasteiger partial charge is 0.118 e. The van der Waals surface area contributed by atoms with Crippen molar-refractivity contribution in [3.63, 3.8) is 0 Å². The molecule has 0 fully saturated rings. The van der Waals surface area contributed by atoms with Crippen LogP contribution in [0.3, 0.4) is 0 Å². The second-order valence-electron chi connectivity index (χ2n) is 11.2. The molecule has 0 bridgehead atoms. The molecule has 4 N–H and O–H groups in total. The van der Waals surface area contributed by atoms with Crippen LogP contribution < -0.4 is 0 Å². The van der Waals surface area contributed by atoms with Crippen molar-refractivity contribution in [1.82, 2.24) is 0 Å². The highest BCUT2D eigenvalue weighted by Crippen LogP contribution is 2.51. The largest absolute Gasteiger partial charge is 0.508 e. The molecule has 0 radical (unpaired) electrons. The van der Waals surface area contributed by atoms with Gasteiger partial charge in [0.2, 0.25) is 0 Å². The SMILES string of the molecule is CCc1c(-c2ccc(O)c(C)c2)c(CC)c(-c2ccc(O)c(C)c2)c(-c2ccc(O)c(C)c2)c1-c1ccc(O)c(C)c1. The average molecular weight is 559 g/mol. The van der Waals surface area contributed by atoms with Gasteiger partial charge in [0.1, 0.15) is 23.0 Å². The second-order valence-corrected chi connectivity index (χ2v) is 11.2. The number of aromatic hydroxyl groups is 4. The van der Waals surface area contributed by atoms with E-state index in [1.54, 1.807) is 24.3 Å². The van der Waals surface area contributed by atoms with Gasteiger partial charge in [0.05, 0.1) is 0 Å². The Labute approximate surface area is 248 Å². The lowest BCUT2D eigenvalue weighted by Crippen LogP contribution is -2.06. The van der Waals surface area contributed by atoms with Gasteiger partial charge < -0.3 is 20.4 Å². The third-order valence-corrected chi connectivity index (χ3v) is 8.36. The fraction of sp³-hybridized carbons (Fsp3) is 0.211. The molecule has 5 rings (SSSR count). The zero-order valence-electron chi connectivity index (χ0n) is 25.1. The molecule has 0 saturated heterocycles. The Kier molecular flexibility index (Phi) is 7.74. The van der Waals surface area contributed by atoms with Gasteiger partial charge in [0, 0.05) is 0 Å². The van der Waals surface area contributed by atoms with Crippen molar-refractivity contribution in [2.24, 2.45) is 0 Å². The summed E-state index contributed by atoms with van der Waals surface area (Å²) in [6.07, 6.45) is 1.49. The van der Waals surface area contributed by atoms with E-state index in [-0.39, 0.29) is 23.0 Å². The molecular formula is C38H38O4. The molecule has 214 valence electrons. The van der Waals surface area contributed by atoms with Gasteiger partial charge in [-0.1, -0.05) is 38.1 Å².